The summed E-state index contributed by atoms with van der Waals surface area (Å²) in [6.45, 7) is 8.09. The van der Waals surface area contributed by atoms with Crippen LogP contribution in [0.1, 0.15) is 33.6 Å². The Bertz CT molecular complexity index is 410. The van der Waals surface area contributed by atoms with Crippen molar-refractivity contribution < 1.29 is 4.74 Å². The second kappa shape index (κ2) is 5.78. The molecule has 0 radical (unpaired) electrons. The van der Waals surface area contributed by atoms with Crippen molar-refractivity contribution in [2.24, 2.45) is 0 Å². The molecule has 0 aromatic carbocycles. The number of pyridine rings is 1. The van der Waals surface area contributed by atoms with Crippen LogP contribution < -0.4 is 10.2 Å². The number of methoxy groups -OCH3 is 1. The fourth-order valence-electron chi connectivity index (χ4n) is 2.10. The van der Waals surface area contributed by atoms with E-state index in [0.717, 1.165) is 24.8 Å². The Kier molecular flexibility index (Phi) is 4.30. The molecular formula is C15H25N3O. The normalized spacial score (nSPS) is 15.4. The summed E-state index contributed by atoms with van der Waals surface area (Å²) in [6, 6.07) is 6.82. The maximum atomic E-state index is 5.20. The van der Waals surface area contributed by atoms with E-state index in [-0.39, 0.29) is 5.54 Å². The van der Waals surface area contributed by atoms with E-state index in [4.69, 9.17) is 9.72 Å². The van der Waals surface area contributed by atoms with Crippen LogP contribution in [0.2, 0.25) is 0 Å². The third-order valence-corrected chi connectivity index (χ3v) is 3.06. The van der Waals surface area contributed by atoms with Crippen molar-refractivity contribution in [1.82, 2.24) is 4.98 Å². The molecule has 0 atom stereocenters. The molecule has 1 aromatic rings. The lowest BCUT2D eigenvalue weighted by Crippen LogP contribution is -2.31. The van der Waals surface area contributed by atoms with Crippen LogP contribution in [-0.2, 0) is 4.74 Å². The molecule has 1 N–H and O–H groups in total. The van der Waals surface area contributed by atoms with Gasteiger partial charge in [0.2, 0.25) is 0 Å². The first kappa shape index (κ1) is 14.1. The average Bonchev–Trinajstić information content (AvgIpc) is 3.12. The lowest BCUT2D eigenvalue weighted by molar-refractivity contribution is 0.204. The highest BCUT2D eigenvalue weighted by Gasteiger charge is 2.29. The summed E-state index contributed by atoms with van der Waals surface area (Å²) in [4.78, 5) is 7.09. The van der Waals surface area contributed by atoms with Crippen LogP contribution in [0.25, 0.3) is 0 Å². The molecule has 1 aliphatic carbocycles. The van der Waals surface area contributed by atoms with Crippen LogP contribution in [0, 0.1) is 0 Å². The molecule has 1 aliphatic rings. The molecule has 1 fully saturated rings. The maximum absolute atomic E-state index is 5.20. The van der Waals surface area contributed by atoms with Crippen molar-refractivity contribution in [3.63, 3.8) is 0 Å². The lowest BCUT2D eigenvalue weighted by Gasteiger charge is -2.26. The molecule has 0 spiro atoms. The average molecular weight is 263 g/mol. The smallest absolute Gasteiger partial charge is 0.131 e. The predicted octanol–water partition coefficient (Wildman–Crippen LogP) is 2.91. The zero-order chi connectivity index (χ0) is 13.9. The zero-order valence-corrected chi connectivity index (χ0v) is 12.4. The van der Waals surface area contributed by atoms with Gasteiger partial charge in [-0.15, -0.1) is 0 Å². The summed E-state index contributed by atoms with van der Waals surface area (Å²) >= 11 is 0. The Balaban J connectivity index is 2.11. The molecular weight excluding hydrogens is 238 g/mol. The van der Waals surface area contributed by atoms with Crippen LogP contribution in [0.3, 0.4) is 0 Å². The quantitative estimate of drug-likeness (QED) is 0.856. The molecule has 1 aromatic heterocycles. The summed E-state index contributed by atoms with van der Waals surface area (Å²) in [5.41, 5.74) is 0.0303. The van der Waals surface area contributed by atoms with Crippen LogP contribution in [0.15, 0.2) is 18.2 Å². The van der Waals surface area contributed by atoms with E-state index in [1.807, 2.05) is 6.07 Å². The third kappa shape index (κ3) is 4.39. The van der Waals surface area contributed by atoms with E-state index in [9.17, 15) is 0 Å². The monoisotopic (exact) mass is 263 g/mol. The second-order valence-corrected chi connectivity index (χ2v) is 6.17. The number of ether oxygens (including phenoxy) is 1. The highest BCUT2D eigenvalue weighted by Crippen LogP contribution is 2.31. The molecule has 19 heavy (non-hydrogen) atoms. The van der Waals surface area contributed by atoms with Gasteiger partial charge in [0.1, 0.15) is 11.6 Å². The van der Waals surface area contributed by atoms with E-state index >= 15 is 0 Å². The van der Waals surface area contributed by atoms with Gasteiger partial charge in [-0.3, -0.25) is 0 Å². The Labute approximate surface area is 116 Å². The van der Waals surface area contributed by atoms with Gasteiger partial charge >= 0.3 is 0 Å². The van der Waals surface area contributed by atoms with Crippen molar-refractivity contribution >= 4 is 11.6 Å². The first-order valence-electron chi connectivity index (χ1n) is 7.00. The van der Waals surface area contributed by atoms with E-state index in [1.165, 1.54) is 12.8 Å². The molecule has 1 saturated carbocycles. The molecule has 0 aliphatic heterocycles. The Morgan fingerprint density at radius 3 is 2.68 bits per heavy atom. The van der Waals surface area contributed by atoms with Gasteiger partial charge in [-0.05, 0) is 45.7 Å². The molecule has 106 valence electrons. The van der Waals surface area contributed by atoms with Gasteiger partial charge in [0, 0.05) is 25.2 Å². The minimum absolute atomic E-state index is 0.0303. The Hall–Kier alpha value is -1.29. The first-order chi connectivity index (χ1) is 8.99. The zero-order valence-electron chi connectivity index (χ0n) is 12.4. The summed E-state index contributed by atoms with van der Waals surface area (Å²) in [7, 11) is 1.75. The molecule has 0 amide bonds. The molecule has 4 heteroatoms. The second-order valence-electron chi connectivity index (χ2n) is 6.17. The summed E-state index contributed by atoms with van der Waals surface area (Å²) in [5.74, 6) is 1.99. The van der Waals surface area contributed by atoms with E-state index in [0.29, 0.717) is 6.04 Å². The van der Waals surface area contributed by atoms with Crippen molar-refractivity contribution in [2.75, 3.05) is 30.5 Å². The van der Waals surface area contributed by atoms with Gasteiger partial charge in [-0.1, -0.05) is 6.07 Å². The lowest BCUT2D eigenvalue weighted by atomic mass is 10.1. The summed E-state index contributed by atoms with van der Waals surface area (Å²) in [5, 5.41) is 3.42. The number of nitrogens with zero attached hydrogens (tertiary/aromatic N) is 2. The number of nitrogens with one attached hydrogen (secondary N) is 1. The molecule has 1 heterocycles. The molecule has 0 saturated heterocycles. The summed E-state index contributed by atoms with van der Waals surface area (Å²) < 4.78 is 5.20. The van der Waals surface area contributed by atoms with Crippen LogP contribution in [0.4, 0.5) is 11.6 Å². The Morgan fingerprint density at radius 1 is 1.37 bits per heavy atom. The van der Waals surface area contributed by atoms with Crippen molar-refractivity contribution in [2.45, 2.75) is 45.2 Å². The highest BCUT2D eigenvalue weighted by molar-refractivity contribution is 5.49. The number of hydrogen-bond donors (Lipinski definition) is 1. The van der Waals surface area contributed by atoms with Gasteiger partial charge in [-0.25, -0.2) is 4.98 Å². The standard InChI is InChI=1S/C15H25N3O/c1-15(2,3)17-13-6-5-7-14(16-13)18(10-11-19-4)12-8-9-12/h5-7,12H,8-11H2,1-4H3,(H,16,17). The fraction of sp³-hybridized carbons (Fsp3) is 0.667. The van der Waals surface area contributed by atoms with Gasteiger partial charge in [0.05, 0.1) is 6.61 Å². The number of hydrogen-bond acceptors (Lipinski definition) is 4. The van der Waals surface area contributed by atoms with Crippen molar-refractivity contribution in [1.29, 1.82) is 0 Å². The SMILES string of the molecule is COCCN(c1cccc(NC(C)(C)C)n1)C1CC1. The van der Waals surface area contributed by atoms with Crippen LogP contribution >= 0.6 is 0 Å². The van der Waals surface area contributed by atoms with E-state index < -0.39 is 0 Å². The minimum atomic E-state index is 0.0303. The predicted molar refractivity (Wildman–Crippen MR) is 79.9 cm³/mol. The maximum Gasteiger partial charge on any atom is 0.131 e. The van der Waals surface area contributed by atoms with Gasteiger partial charge < -0.3 is 15.0 Å². The van der Waals surface area contributed by atoms with Crippen molar-refractivity contribution in [3.05, 3.63) is 18.2 Å². The molecule has 0 bridgehead atoms. The van der Waals surface area contributed by atoms with Crippen molar-refractivity contribution in [3.8, 4) is 0 Å². The number of aromatic nitrogens is 1. The van der Waals surface area contributed by atoms with Crippen LogP contribution in [-0.4, -0.2) is 36.8 Å². The number of rotatable bonds is 6. The van der Waals surface area contributed by atoms with Crippen LogP contribution in [0.5, 0.6) is 0 Å². The van der Waals surface area contributed by atoms with E-state index in [2.05, 4.69) is 43.1 Å². The molecule has 0 unspecified atom stereocenters. The van der Waals surface area contributed by atoms with E-state index in [1.54, 1.807) is 7.11 Å². The van der Waals surface area contributed by atoms with Gasteiger partial charge in [0.25, 0.3) is 0 Å². The fourth-order valence-corrected chi connectivity index (χ4v) is 2.10. The topological polar surface area (TPSA) is 37.4 Å². The van der Waals surface area contributed by atoms with Gasteiger partial charge in [-0.2, -0.15) is 0 Å². The first-order valence-corrected chi connectivity index (χ1v) is 7.00. The summed E-state index contributed by atoms with van der Waals surface area (Å²) in [6.07, 6.45) is 2.53. The Morgan fingerprint density at radius 2 is 2.11 bits per heavy atom. The highest BCUT2D eigenvalue weighted by atomic mass is 16.5. The minimum Gasteiger partial charge on any atom is -0.383 e. The third-order valence-electron chi connectivity index (χ3n) is 3.06. The largest absolute Gasteiger partial charge is 0.383 e. The molecule has 2 rings (SSSR count). The molecule has 4 nitrogen and oxygen atoms in total. The van der Waals surface area contributed by atoms with Gasteiger partial charge in [0.15, 0.2) is 0 Å². The number of anilines is 2.